The molecule has 8 nitrogen and oxygen atoms in total. The van der Waals surface area contributed by atoms with Crippen LogP contribution in [0.5, 0.6) is 5.75 Å². The lowest BCUT2D eigenvalue weighted by Gasteiger charge is -2.10. The Hall–Kier alpha value is -3.44. The summed E-state index contributed by atoms with van der Waals surface area (Å²) in [6, 6.07) is 17.8. The molecule has 0 unspecified atom stereocenters. The van der Waals surface area contributed by atoms with Gasteiger partial charge in [-0.15, -0.1) is 11.3 Å². The van der Waals surface area contributed by atoms with E-state index < -0.39 is 10.0 Å². The van der Waals surface area contributed by atoms with E-state index in [-0.39, 0.29) is 11.4 Å². The van der Waals surface area contributed by atoms with Crippen LogP contribution in [0.25, 0.3) is 27.5 Å². The van der Waals surface area contributed by atoms with Gasteiger partial charge in [0, 0.05) is 47.0 Å². The second-order valence-corrected chi connectivity index (χ2v) is 10.9. The molecule has 0 spiro atoms. The quantitative estimate of drug-likeness (QED) is 0.251. The van der Waals surface area contributed by atoms with Gasteiger partial charge in [-0.25, -0.2) is 23.1 Å². The lowest BCUT2D eigenvalue weighted by atomic mass is 10.1. The fourth-order valence-corrected chi connectivity index (χ4v) is 5.85. The van der Waals surface area contributed by atoms with Gasteiger partial charge < -0.3 is 10.1 Å². The number of methoxy groups -OCH3 is 1. The molecule has 5 aromatic rings. The predicted octanol–water partition coefficient (Wildman–Crippen LogP) is 5.18. The van der Waals surface area contributed by atoms with E-state index in [1.807, 2.05) is 48.0 Å². The fourth-order valence-electron chi connectivity index (χ4n) is 3.80. The average molecular weight is 540 g/mol. The predicted molar refractivity (Wildman–Crippen MR) is 143 cm³/mol. The van der Waals surface area contributed by atoms with Crippen LogP contribution in [0, 0.1) is 0 Å². The number of halogens is 1. The number of benzene rings is 2. The van der Waals surface area contributed by atoms with Gasteiger partial charge in [0.25, 0.3) is 0 Å². The third-order valence-electron chi connectivity index (χ3n) is 5.47. The number of sulfonamides is 1. The van der Waals surface area contributed by atoms with Crippen molar-refractivity contribution in [1.29, 1.82) is 0 Å². The summed E-state index contributed by atoms with van der Waals surface area (Å²) in [4.78, 5) is 10.3. The summed E-state index contributed by atoms with van der Waals surface area (Å²) >= 11 is 7.48. The molecule has 0 atom stereocenters. The summed E-state index contributed by atoms with van der Waals surface area (Å²) in [5.74, 6) is 1.38. The molecule has 0 fully saturated rings. The van der Waals surface area contributed by atoms with Gasteiger partial charge in [-0.1, -0.05) is 29.8 Å². The maximum absolute atomic E-state index is 12.5. The van der Waals surface area contributed by atoms with Gasteiger partial charge >= 0.3 is 0 Å². The minimum atomic E-state index is -3.66. The van der Waals surface area contributed by atoms with Crippen molar-refractivity contribution in [2.24, 2.45) is 0 Å². The molecule has 0 bridgehead atoms. The Morgan fingerprint density at radius 2 is 1.92 bits per heavy atom. The first-order valence-electron chi connectivity index (χ1n) is 11.0. The Kier molecular flexibility index (Phi) is 6.92. The van der Waals surface area contributed by atoms with Crippen LogP contribution in [0.4, 0.5) is 5.82 Å². The van der Waals surface area contributed by atoms with Crippen molar-refractivity contribution in [3.05, 3.63) is 83.5 Å². The molecule has 3 heterocycles. The standard InChI is InChI=1S/C25H22ClN5O3S2/c1-34-20-6-2-4-17(14-20)23-24(31-12-13-35-25(31)30-23)18-8-9-27-22(15-18)28-10-11-29-36(32,33)21-7-3-5-19(26)16-21/h2-9,12-16,29H,10-11H2,1H3,(H,27,28). The second-order valence-electron chi connectivity index (χ2n) is 7.81. The zero-order valence-corrected chi connectivity index (χ0v) is 21.6. The summed E-state index contributed by atoms with van der Waals surface area (Å²) in [5.41, 5.74) is 3.65. The van der Waals surface area contributed by atoms with Crippen LogP contribution in [0.15, 0.2) is 83.3 Å². The molecule has 3 aromatic heterocycles. The number of rotatable bonds is 9. The topological polar surface area (TPSA) is 97.6 Å². The lowest BCUT2D eigenvalue weighted by molar-refractivity contribution is 0.415. The summed E-state index contributed by atoms with van der Waals surface area (Å²) in [6.45, 7) is 0.524. The molecule has 2 N–H and O–H groups in total. The highest BCUT2D eigenvalue weighted by atomic mass is 35.5. The van der Waals surface area contributed by atoms with Gasteiger partial charge in [0.2, 0.25) is 10.0 Å². The molecule has 0 aliphatic heterocycles. The van der Waals surface area contributed by atoms with E-state index >= 15 is 0 Å². The van der Waals surface area contributed by atoms with E-state index in [2.05, 4.69) is 19.4 Å². The first-order chi connectivity index (χ1) is 17.4. The van der Waals surface area contributed by atoms with Gasteiger partial charge in [0.15, 0.2) is 4.96 Å². The first kappa shape index (κ1) is 24.3. The molecule has 0 saturated carbocycles. The van der Waals surface area contributed by atoms with Crippen molar-refractivity contribution in [3.63, 3.8) is 0 Å². The first-order valence-corrected chi connectivity index (χ1v) is 13.7. The Labute approximate surface area is 217 Å². The van der Waals surface area contributed by atoms with Crippen LogP contribution < -0.4 is 14.8 Å². The van der Waals surface area contributed by atoms with Crippen molar-refractivity contribution < 1.29 is 13.2 Å². The van der Waals surface area contributed by atoms with Crippen LogP contribution in [-0.4, -0.2) is 43.0 Å². The van der Waals surface area contributed by atoms with Crippen molar-refractivity contribution in [2.75, 3.05) is 25.5 Å². The Morgan fingerprint density at radius 3 is 2.75 bits per heavy atom. The summed E-state index contributed by atoms with van der Waals surface area (Å²) < 4.78 is 35.0. The monoisotopic (exact) mass is 539 g/mol. The van der Waals surface area contributed by atoms with Gasteiger partial charge in [0.05, 0.1) is 23.4 Å². The van der Waals surface area contributed by atoms with E-state index in [4.69, 9.17) is 21.3 Å². The van der Waals surface area contributed by atoms with Crippen molar-refractivity contribution in [1.82, 2.24) is 19.1 Å². The molecule has 0 aliphatic rings. The van der Waals surface area contributed by atoms with E-state index in [0.717, 1.165) is 33.2 Å². The van der Waals surface area contributed by atoms with Crippen molar-refractivity contribution >= 4 is 43.7 Å². The maximum Gasteiger partial charge on any atom is 0.240 e. The largest absolute Gasteiger partial charge is 0.497 e. The highest BCUT2D eigenvalue weighted by Gasteiger charge is 2.18. The molecular weight excluding hydrogens is 518 g/mol. The molecule has 0 aliphatic carbocycles. The highest BCUT2D eigenvalue weighted by Crippen LogP contribution is 2.36. The van der Waals surface area contributed by atoms with E-state index in [1.165, 1.54) is 12.1 Å². The average Bonchev–Trinajstić information content (AvgIpc) is 3.48. The van der Waals surface area contributed by atoms with E-state index in [0.29, 0.717) is 17.4 Å². The van der Waals surface area contributed by atoms with Crippen LogP contribution in [0.3, 0.4) is 0 Å². The molecule has 11 heteroatoms. The second kappa shape index (κ2) is 10.3. The van der Waals surface area contributed by atoms with Crippen LogP contribution in [0.1, 0.15) is 0 Å². The van der Waals surface area contributed by atoms with Crippen molar-refractivity contribution in [2.45, 2.75) is 4.90 Å². The number of imidazole rings is 1. The SMILES string of the molecule is COc1cccc(-c2nc3sccn3c2-c2ccnc(NCCNS(=O)(=O)c3cccc(Cl)c3)c2)c1. The zero-order valence-electron chi connectivity index (χ0n) is 19.2. The third-order valence-corrected chi connectivity index (χ3v) is 7.92. The molecule has 2 aromatic carbocycles. The summed E-state index contributed by atoms with van der Waals surface area (Å²) in [6.07, 6.45) is 3.71. The number of hydrogen-bond donors (Lipinski definition) is 2. The molecule has 5 rings (SSSR count). The number of fused-ring (bicyclic) bond motifs is 1. The van der Waals surface area contributed by atoms with Crippen molar-refractivity contribution in [3.8, 4) is 28.3 Å². The Bertz CT molecular complexity index is 1630. The van der Waals surface area contributed by atoms with E-state index in [9.17, 15) is 8.42 Å². The molecule has 0 amide bonds. The number of anilines is 1. The molecule has 0 saturated heterocycles. The third kappa shape index (κ3) is 5.07. The Balaban J connectivity index is 1.35. The minimum absolute atomic E-state index is 0.126. The van der Waals surface area contributed by atoms with Gasteiger partial charge in [-0.2, -0.15) is 0 Å². The number of pyridine rings is 1. The molecule has 36 heavy (non-hydrogen) atoms. The number of hydrogen-bond acceptors (Lipinski definition) is 7. The molecular formula is C25H22ClN5O3S2. The number of aromatic nitrogens is 3. The molecule has 0 radical (unpaired) electrons. The smallest absolute Gasteiger partial charge is 0.240 e. The number of nitrogens with one attached hydrogen (secondary N) is 2. The van der Waals surface area contributed by atoms with Gasteiger partial charge in [-0.05, 0) is 42.5 Å². The van der Waals surface area contributed by atoms with Crippen LogP contribution >= 0.6 is 22.9 Å². The van der Waals surface area contributed by atoms with Gasteiger partial charge in [0.1, 0.15) is 11.6 Å². The lowest BCUT2D eigenvalue weighted by Crippen LogP contribution is -2.29. The highest BCUT2D eigenvalue weighted by molar-refractivity contribution is 7.89. The number of nitrogens with zero attached hydrogens (tertiary/aromatic N) is 3. The zero-order chi connectivity index (χ0) is 25.1. The maximum atomic E-state index is 12.5. The van der Waals surface area contributed by atoms with Crippen LogP contribution in [0.2, 0.25) is 5.02 Å². The van der Waals surface area contributed by atoms with Crippen LogP contribution in [-0.2, 0) is 10.0 Å². The Morgan fingerprint density at radius 1 is 1.06 bits per heavy atom. The minimum Gasteiger partial charge on any atom is -0.497 e. The number of thiazole rings is 1. The number of ether oxygens (including phenoxy) is 1. The van der Waals surface area contributed by atoms with E-state index in [1.54, 1.807) is 36.8 Å². The van der Waals surface area contributed by atoms with Gasteiger partial charge in [-0.3, -0.25) is 4.40 Å². The normalized spacial score (nSPS) is 11.6. The fraction of sp³-hybridized carbons (Fsp3) is 0.120. The molecule has 184 valence electrons. The summed E-state index contributed by atoms with van der Waals surface area (Å²) in [7, 11) is -2.02. The summed E-state index contributed by atoms with van der Waals surface area (Å²) in [5, 5.41) is 5.55.